The third kappa shape index (κ3) is 1.91. The lowest BCUT2D eigenvalue weighted by Gasteiger charge is -2.05. The predicted molar refractivity (Wildman–Crippen MR) is 55.9 cm³/mol. The first-order valence-corrected chi connectivity index (χ1v) is 5.04. The maximum atomic E-state index is 11.5. The fraction of sp³-hybridized carbons (Fsp3) is 0.500. The molecule has 0 bridgehead atoms. The summed E-state index contributed by atoms with van der Waals surface area (Å²) in [5.41, 5.74) is 0.669. The summed E-state index contributed by atoms with van der Waals surface area (Å²) in [5.74, 6) is -0.477. The number of nitrogens with one attached hydrogen (secondary N) is 1. The Morgan fingerprint density at radius 3 is 2.81 bits per heavy atom. The molecule has 1 amide bonds. The molecule has 0 aliphatic heterocycles. The zero-order valence-corrected chi connectivity index (χ0v) is 9.19. The number of carbonyl (C=O) groups excluding carboxylic acids is 2. The summed E-state index contributed by atoms with van der Waals surface area (Å²) in [6, 6.07) is 0. The Labute approximate surface area is 92.6 Å². The average molecular weight is 223 g/mol. The van der Waals surface area contributed by atoms with Gasteiger partial charge in [0.1, 0.15) is 0 Å². The van der Waals surface area contributed by atoms with Crippen LogP contribution in [0.15, 0.2) is 6.20 Å². The summed E-state index contributed by atoms with van der Waals surface area (Å²) >= 11 is 0. The lowest BCUT2D eigenvalue weighted by molar-refractivity contribution is -0.117. The van der Waals surface area contributed by atoms with Gasteiger partial charge in [0.25, 0.3) is 0 Å². The summed E-state index contributed by atoms with van der Waals surface area (Å²) < 4.78 is 6.01. The number of carbonyl (C=O) groups is 2. The van der Waals surface area contributed by atoms with Crippen molar-refractivity contribution in [2.45, 2.75) is 12.8 Å². The standard InChI is InChI=1S/C10H13N3O3/c1-13-8(10(15)16-2)7(5-11-13)12-9(14)6-3-4-6/h5-6H,3-4H2,1-2H3,(H,12,14). The van der Waals surface area contributed by atoms with Gasteiger partial charge in [-0.05, 0) is 12.8 Å². The molecule has 1 aliphatic rings. The van der Waals surface area contributed by atoms with Crippen LogP contribution in [-0.2, 0) is 16.6 Å². The van der Waals surface area contributed by atoms with Gasteiger partial charge in [0.15, 0.2) is 5.69 Å². The van der Waals surface area contributed by atoms with Crippen LogP contribution in [-0.4, -0.2) is 28.8 Å². The molecule has 0 unspecified atom stereocenters. The van der Waals surface area contributed by atoms with E-state index >= 15 is 0 Å². The first kappa shape index (κ1) is 10.7. The number of hydrogen-bond donors (Lipinski definition) is 1. The first-order chi connectivity index (χ1) is 7.63. The van der Waals surface area contributed by atoms with Crippen LogP contribution in [0.5, 0.6) is 0 Å². The Bertz CT molecular complexity index is 435. The van der Waals surface area contributed by atoms with Gasteiger partial charge in [0.05, 0.1) is 19.0 Å². The van der Waals surface area contributed by atoms with E-state index in [4.69, 9.17) is 0 Å². The molecule has 86 valence electrons. The molecule has 0 saturated heterocycles. The van der Waals surface area contributed by atoms with Crippen molar-refractivity contribution in [3.63, 3.8) is 0 Å². The molecule has 2 rings (SSSR count). The smallest absolute Gasteiger partial charge is 0.358 e. The van der Waals surface area contributed by atoms with Crippen LogP contribution in [0.25, 0.3) is 0 Å². The third-order valence-electron chi connectivity index (χ3n) is 2.52. The maximum Gasteiger partial charge on any atom is 0.358 e. The molecular weight excluding hydrogens is 210 g/mol. The highest BCUT2D eigenvalue weighted by atomic mass is 16.5. The van der Waals surface area contributed by atoms with Gasteiger partial charge >= 0.3 is 5.97 Å². The van der Waals surface area contributed by atoms with E-state index in [2.05, 4.69) is 15.2 Å². The van der Waals surface area contributed by atoms with Crippen LogP contribution in [0.2, 0.25) is 0 Å². The second-order valence-corrected chi connectivity index (χ2v) is 3.79. The molecule has 1 aromatic rings. The first-order valence-electron chi connectivity index (χ1n) is 5.04. The van der Waals surface area contributed by atoms with Crippen LogP contribution in [0, 0.1) is 5.92 Å². The number of anilines is 1. The molecule has 0 atom stereocenters. The van der Waals surface area contributed by atoms with Gasteiger partial charge in [-0.15, -0.1) is 0 Å². The number of aromatic nitrogens is 2. The normalized spacial score (nSPS) is 14.6. The van der Waals surface area contributed by atoms with Crippen molar-refractivity contribution in [1.29, 1.82) is 0 Å². The zero-order valence-electron chi connectivity index (χ0n) is 9.19. The molecule has 0 radical (unpaired) electrons. The van der Waals surface area contributed by atoms with Crippen molar-refractivity contribution < 1.29 is 14.3 Å². The maximum absolute atomic E-state index is 11.5. The quantitative estimate of drug-likeness (QED) is 0.760. The van der Waals surface area contributed by atoms with E-state index in [0.717, 1.165) is 12.8 Å². The second-order valence-electron chi connectivity index (χ2n) is 3.79. The number of aryl methyl sites for hydroxylation is 1. The van der Waals surface area contributed by atoms with Crippen LogP contribution >= 0.6 is 0 Å². The van der Waals surface area contributed by atoms with E-state index < -0.39 is 5.97 Å². The molecule has 1 heterocycles. The Morgan fingerprint density at radius 1 is 1.56 bits per heavy atom. The number of esters is 1. The fourth-order valence-electron chi connectivity index (χ4n) is 1.45. The highest BCUT2D eigenvalue weighted by Crippen LogP contribution is 2.30. The van der Waals surface area contributed by atoms with Gasteiger partial charge in [0, 0.05) is 13.0 Å². The number of hydrogen-bond acceptors (Lipinski definition) is 4. The van der Waals surface area contributed by atoms with Gasteiger partial charge in [-0.25, -0.2) is 4.79 Å². The SMILES string of the molecule is COC(=O)c1c(NC(=O)C2CC2)cnn1C. The van der Waals surface area contributed by atoms with Gasteiger partial charge in [-0.3, -0.25) is 9.48 Å². The Hall–Kier alpha value is -1.85. The van der Waals surface area contributed by atoms with Crippen LogP contribution in [0.1, 0.15) is 23.3 Å². The number of amides is 1. The van der Waals surface area contributed by atoms with Crippen molar-refractivity contribution in [2.75, 3.05) is 12.4 Å². The number of rotatable bonds is 3. The summed E-state index contributed by atoms with van der Waals surface area (Å²) in [7, 11) is 2.92. The molecule has 6 nitrogen and oxygen atoms in total. The minimum Gasteiger partial charge on any atom is -0.464 e. The van der Waals surface area contributed by atoms with Crippen LogP contribution < -0.4 is 5.32 Å². The van der Waals surface area contributed by atoms with E-state index in [0.29, 0.717) is 5.69 Å². The van der Waals surface area contributed by atoms with E-state index in [9.17, 15) is 9.59 Å². The molecule has 6 heteroatoms. The molecule has 1 fully saturated rings. The van der Waals surface area contributed by atoms with Gasteiger partial charge < -0.3 is 10.1 Å². The minimum absolute atomic E-state index is 0.0573. The number of ether oxygens (including phenoxy) is 1. The summed E-state index contributed by atoms with van der Waals surface area (Å²) in [6.07, 6.45) is 3.28. The highest BCUT2D eigenvalue weighted by molar-refractivity contribution is 6.01. The van der Waals surface area contributed by atoms with Crippen molar-refractivity contribution >= 4 is 17.6 Å². The predicted octanol–water partition coefficient (Wildman–Crippen LogP) is 0.555. The largest absolute Gasteiger partial charge is 0.464 e. The lowest BCUT2D eigenvalue weighted by Crippen LogP contribution is -2.17. The highest BCUT2D eigenvalue weighted by Gasteiger charge is 2.31. The third-order valence-corrected chi connectivity index (χ3v) is 2.52. The number of methoxy groups -OCH3 is 1. The van der Waals surface area contributed by atoms with Crippen molar-refractivity contribution in [2.24, 2.45) is 13.0 Å². The molecular formula is C10H13N3O3. The van der Waals surface area contributed by atoms with E-state index in [1.807, 2.05) is 0 Å². The molecule has 1 saturated carbocycles. The topological polar surface area (TPSA) is 73.2 Å². The molecule has 1 N–H and O–H groups in total. The Kier molecular flexibility index (Phi) is 2.64. The van der Waals surface area contributed by atoms with E-state index in [1.165, 1.54) is 18.0 Å². The van der Waals surface area contributed by atoms with Crippen LogP contribution in [0.4, 0.5) is 5.69 Å². The molecule has 1 aromatic heterocycles. The van der Waals surface area contributed by atoms with E-state index in [-0.39, 0.29) is 17.5 Å². The van der Waals surface area contributed by atoms with Crippen LogP contribution in [0.3, 0.4) is 0 Å². The molecule has 0 spiro atoms. The van der Waals surface area contributed by atoms with Gasteiger partial charge in [0.2, 0.25) is 5.91 Å². The molecule has 0 aromatic carbocycles. The van der Waals surface area contributed by atoms with Crippen molar-refractivity contribution in [3.05, 3.63) is 11.9 Å². The monoisotopic (exact) mass is 223 g/mol. The van der Waals surface area contributed by atoms with Crippen molar-refractivity contribution in [3.8, 4) is 0 Å². The Morgan fingerprint density at radius 2 is 2.25 bits per heavy atom. The summed E-state index contributed by atoms with van der Waals surface area (Å²) in [6.45, 7) is 0. The summed E-state index contributed by atoms with van der Waals surface area (Å²) in [4.78, 5) is 23.0. The Balaban J connectivity index is 2.19. The average Bonchev–Trinajstić information content (AvgIpc) is 3.04. The van der Waals surface area contributed by atoms with E-state index in [1.54, 1.807) is 7.05 Å². The molecule has 16 heavy (non-hydrogen) atoms. The number of nitrogens with zero attached hydrogens (tertiary/aromatic N) is 2. The zero-order chi connectivity index (χ0) is 11.7. The van der Waals surface area contributed by atoms with Crippen molar-refractivity contribution in [1.82, 2.24) is 9.78 Å². The second kappa shape index (κ2) is 3.96. The summed E-state index contributed by atoms with van der Waals surface area (Å²) in [5, 5.41) is 6.60. The van der Waals surface area contributed by atoms with Gasteiger partial charge in [-0.1, -0.05) is 0 Å². The minimum atomic E-state index is -0.508. The fourth-order valence-corrected chi connectivity index (χ4v) is 1.45. The van der Waals surface area contributed by atoms with Gasteiger partial charge in [-0.2, -0.15) is 5.10 Å². The lowest BCUT2D eigenvalue weighted by atomic mass is 10.3. The molecule has 1 aliphatic carbocycles.